The highest BCUT2D eigenvalue weighted by Crippen LogP contribution is 2.32. The Morgan fingerprint density at radius 2 is 2.05 bits per heavy atom. The molecule has 112 valence electrons. The van der Waals surface area contributed by atoms with Crippen LogP contribution in [0, 0.1) is 12.7 Å². The fourth-order valence-corrected chi connectivity index (χ4v) is 2.35. The van der Waals surface area contributed by atoms with Crippen LogP contribution in [-0.2, 0) is 0 Å². The van der Waals surface area contributed by atoms with E-state index in [1.54, 1.807) is 25.1 Å². The van der Waals surface area contributed by atoms with Gasteiger partial charge >= 0.3 is 0 Å². The predicted molar refractivity (Wildman–Crippen MR) is 84.8 cm³/mol. The minimum absolute atomic E-state index is 0.000663. The quantitative estimate of drug-likeness (QED) is 0.814. The van der Waals surface area contributed by atoms with Crippen molar-refractivity contribution < 1.29 is 9.13 Å². The third-order valence-electron chi connectivity index (χ3n) is 3.29. The molecule has 0 saturated carbocycles. The zero-order valence-corrected chi connectivity index (χ0v) is 13.2. The van der Waals surface area contributed by atoms with Gasteiger partial charge in [0.15, 0.2) is 0 Å². The van der Waals surface area contributed by atoms with Crippen LogP contribution in [0.5, 0.6) is 11.5 Å². The van der Waals surface area contributed by atoms with Gasteiger partial charge in [-0.25, -0.2) is 4.39 Å². The first-order valence-electron chi connectivity index (χ1n) is 6.98. The van der Waals surface area contributed by atoms with Gasteiger partial charge in [-0.1, -0.05) is 24.6 Å². The molecule has 0 bridgehead atoms. The molecule has 1 atom stereocenters. The Morgan fingerprint density at radius 1 is 1.29 bits per heavy atom. The van der Waals surface area contributed by atoms with Crippen LogP contribution in [0.1, 0.15) is 31.0 Å². The Balaban J connectivity index is 2.39. The van der Waals surface area contributed by atoms with Crippen LogP contribution < -0.4 is 10.1 Å². The molecule has 4 heteroatoms. The SMILES string of the molecule is CCNC(C)c1cc(F)c(C)cc1Oc1cccc(Cl)c1. The Bertz CT molecular complexity index is 630. The van der Waals surface area contributed by atoms with Crippen molar-refractivity contribution in [1.29, 1.82) is 0 Å². The Morgan fingerprint density at radius 3 is 2.71 bits per heavy atom. The van der Waals surface area contributed by atoms with Crippen molar-refractivity contribution in [3.05, 3.63) is 58.4 Å². The van der Waals surface area contributed by atoms with E-state index in [0.29, 0.717) is 22.1 Å². The molecule has 0 aliphatic carbocycles. The zero-order chi connectivity index (χ0) is 15.4. The average molecular weight is 308 g/mol. The summed E-state index contributed by atoms with van der Waals surface area (Å²) < 4.78 is 19.8. The molecule has 2 nitrogen and oxygen atoms in total. The van der Waals surface area contributed by atoms with E-state index in [2.05, 4.69) is 5.32 Å². The normalized spacial score (nSPS) is 12.2. The summed E-state index contributed by atoms with van der Waals surface area (Å²) in [6, 6.07) is 10.4. The van der Waals surface area contributed by atoms with Gasteiger partial charge in [0.25, 0.3) is 0 Å². The van der Waals surface area contributed by atoms with E-state index in [1.807, 2.05) is 26.0 Å². The van der Waals surface area contributed by atoms with Crippen molar-refractivity contribution in [2.24, 2.45) is 0 Å². The topological polar surface area (TPSA) is 21.3 Å². The Hall–Kier alpha value is -1.58. The van der Waals surface area contributed by atoms with Gasteiger partial charge < -0.3 is 10.1 Å². The minimum Gasteiger partial charge on any atom is -0.457 e. The summed E-state index contributed by atoms with van der Waals surface area (Å²) in [5.74, 6) is 1.05. The molecule has 0 aliphatic rings. The standard InChI is InChI=1S/C17H19ClFNO/c1-4-20-12(3)15-10-16(19)11(2)8-17(15)21-14-7-5-6-13(18)9-14/h5-10,12,20H,4H2,1-3H3. The van der Waals surface area contributed by atoms with E-state index in [-0.39, 0.29) is 11.9 Å². The monoisotopic (exact) mass is 307 g/mol. The summed E-state index contributed by atoms with van der Waals surface area (Å²) in [6.07, 6.45) is 0. The van der Waals surface area contributed by atoms with Gasteiger partial charge in [0, 0.05) is 16.6 Å². The molecule has 0 aromatic heterocycles. The van der Waals surface area contributed by atoms with Gasteiger partial charge in [0.2, 0.25) is 0 Å². The molecule has 0 fully saturated rings. The molecule has 2 aromatic rings. The highest BCUT2D eigenvalue weighted by atomic mass is 35.5. The second-order valence-electron chi connectivity index (χ2n) is 4.98. The zero-order valence-electron chi connectivity index (χ0n) is 12.4. The van der Waals surface area contributed by atoms with Crippen LogP contribution in [0.2, 0.25) is 5.02 Å². The van der Waals surface area contributed by atoms with Crippen molar-refractivity contribution in [3.8, 4) is 11.5 Å². The Labute approximate surface area is 129 Å². The third-order valence-corrected chi connectivity index (χ3v) is 3.53. The fourth-order valence-electron chi connectivity index (χ4n) is 2.17. The molecular formula is C17H19ClFNO. The number of hydrogen-bond donors (Lipinski definition) is 1. The fraction of sp³-hybridized carbons (Fsp3) is 0.294. The van der Waals surface area contributed by atoms with Crippen LogP contribution in [0.4, 0.5) is 4.39 Å². The van der Waals surface area contributed by atoms with Crippen LogP contribution in [0.3, 0.4) is 0 Å². The van der Waals surface area contributed by atoms with Crippen molar-refractivity contribution in [2.75, 3.05) is 6.54 Å². The summed E-state index contributed by atoms with van der Waals surface area (Å²) >= 11 is 5.97. The largest absolute Gasteiger partial charge is 0.457 e. The van der Waals surface area contributed by atoms with Gasteiger partial charge in [-0.05, 0) is 56.3 Å². The number of hydrogen-bond acceptors (Lipinski definition) is 2. The first-order chi connectivity index (χ1) is 10.0. The number of nitrogens with one attached hydrogen (secondary N) is 1. The molecule has 1 unspecified atom stereocenters. The van der Waals surface area contributed by atoms with E-state index in [0.717, 1.165) is 12.1 Å². The molecule has 0 radical (unpaired) electrons. The van der Waals surface area contributed by atoms with Crippen molar-refractivity contribution in [1.82, 2.24) is 5.32 Å². The number of benzene rings is 2. The lowest BCUT2D eigenvalue weighted by molar-refractivity contribution is 0.459. The van der Waals surface area contributed by atoms with Gasteiger partial charge in [-0.2, -0.15) is 0 Å². The number of ether oxygens (including phenoxy) is 1. The lowest BCUT2D eigenvalue weighted by atomic mass is 10.0. The molecule has 0 spiro atoms. The number of rotatable bonds is 5. The van der Waals surface area contributed by atoms with Gasteiger partial charge in [-0.15, -0.1) is 0 Å². The van der Waals surface area contributed by atoms with E-state index in [4.69, 9.17) is 16.3 Å². The number of halogens is 2. The molecule has 0 amide bonds. The lowest BCUT2D eigenvalue weighted by Crippen LogP contribution is -2.18. The van der Waals surface area contributed by atoms with Gasteiger partial charge in [0.05, 0.1) is 0 Å². The molecule has 1 N–H and O–H groups in total. The van der Waals surface area contributed by atoms with Gasteiger partial charge in [-0.3, -0.25) is 0 Å². The highest BCUT2D eigenvalue weighted by molar-refractivity contribution is 6.30. The van der Waals surface area contributed by atoms with E-state index in [9.17, 15) is 4.39 Å². The number of aryl methyl sites for hydroxylation is 1. The maximum Gasteiger partial charge on any atom is 0.132 e. The van der Waals surface area contributed by atoms with Crippen molar-refractivity contribution >= 4 is 11.6 Å². The predicted octanol–water partition coefficient (Wildman–Crippen LogP) is 5.25. The summed E-state index contributed by atoms with van der Waals surface area (Å²) in [5.41, 5.74) is 1.35. The van der Waals surface area contributed by atoms with Crippen LogP contribution in [0.15, 0.2) is 36.4 Å². The van der Waals surface area contributed by atoms with Crippen LogP contribution in [-0.4, -0.2) is 6.54 Å². The smallest absolute Gasteiger partial charge is 0.132 e. The van der Waals surface area contributed by atoms with Crippen LogP contribution in [0.25, 0.3) is 0 Å². The maximum atomic E-state index is 13.9. The molecule has 2 aromatic carbocycles. The summed E-state index contributed by atoms with van der Waals surface area (Å²) in [6.45, 7) is 6.52. The first kappa shape index (κ1) is 15.8. The second kappa shape index (κ2) is 6.92. The van der Waals surface area contributed by atoms with E-state index in [1.165, 1.54) is 6.07 Å². The van der Waals surface area contributed by atoms with E-state index >= 15 is 0 Å². The molecule has 0 aliphatic heterocycles. The maximum absolute atomic E-state index is 13.9. The van der Waals surface area contributed by atoms with E-state index < -0.39 is 0 Å². The molecule has 21 heavy (non-hydrogen) atoms. The van der Waals surface area contributed by atoms with Gasteiger partial charge in [0.1, 0.15) is 17.3 Å². The highest BCUT2D eigenvalue weighted by Gasteiger charge is 2.15. The Kier molecular flexibility index (Phi) is 5.21. The summed E-state index contributed by atoms with van der Waals surface area (Å²) in [4.78, 5) is 0. The molecule has 0 saturated heterocycles. The summed E-state index contributed by atoms with van der Waals surface area (Å²) in [7, 11) is 0. The van der Waals surface area contributed by atoms with Crippen molar-refractivity contribution in [2.45, 2.75) is 26.8 Å². The van der Waals surface area contributed by atoms with Crippen molar-refractivity contribution in [3.63, 3.8) is 0 Å². The van der Waals surface area contributed by atoms with Crippen LogP contribution >= 0.6 is 11.6 Å². The summed E-state index contributed by atoms with van der Waals surface area (Å²) in [5, 5.41) is 3.88. The molecular weight excluding hydrogens is 289 g/mol. The lowest BCUT2D eigenvalue weighted by Gasteiger charge is -2.18. The molecule has 2 rings (SSSR count). The third kappa shape index (κ3) is 3.96. The first-order valence-corrected chi connectivity index (χ1v) is 7.36. The molecule has 0 heterocycles. The minimum atomic E-state index is -0.229. The average Bonchev–Trinajstić information content (AvgIpc) is 2.43. The second-order valence-corrected chi connectivity index (χ2v) is 5.41.